The molecule has 1 unspecified atom stereocenters. The zero-order chi connectivity index (χ0) is 16.4. The summed E-state index contributed by atoms with van der Waals surface area (Å²) < 4.78 is 37.3. The molecule has 7 nitrogen and oxygen atoms in total. The third kappa shape index (κ3) is 3.66. The standard InChI is InChI=1S/C15H20N2O5S.ClH/c1-2-21-15(18)14-10-11-9-12(3-4-13(11)22-14)23(19,20)17-7-5-16-6-8-17;/h3-4,9,14,16H,2,5-8,10H2,1H3;1H. The second-order valence-corrected chi connectivity index (χ2v) is 7.42. The highest BCUT2D eigenvalue weighted by atomic mass is 35.5. The van der Waals surface area contributed by atoms with E-state index in [1.165, 1.54) is 10.4 Å². The van der Waals surface area contributed by atoms with E-state index in [0.717, 1.165) is 5.56 Å². The number of halogens is 1. The highest BCUT2D eigenvalue weighted by molar-refractivity contribution is 7.89. The topological polar surface area (TPSA) is 84.9 Å². The molecular weight excluding hydrogens is 356 g/mol. The van der Waals surface area contributed by atoms with Crippen LogP contribution in [0.1, 0.15) is 12.5 Å². The fourth-order valence-electron chi connectivity index (χ4n) is 2.79. The molecule has 3 rings (SSSR count). The molecule has 1 aromatic carbocycles. The summed E-state index contributed by atoms with van der Waals surface area (Å²) in [7, 11) is -3.51. The highest BCUT2D eigenvalue weighted by Gasteiger charge is 2.32. The van der Waals surface area contributed by atoms with Crippen molar-refractivity contribution in [2.24, 2.45) is 0 Å². The fraction of sp³-hybridized carbons (Fsp3) is 0.533. The summed E-state index contributed by atoms with van der Waals surface area (Å²) in [6.45, 7) is 4.25. The third-order valence-electron chi connectivity index (χ3n) is 3.97. The number of sulfonamides is 1. The van der Waals surface area contributed by atoms with Gasteiger partial charge in [0, 0.05) is 32.6 Å². The van der Waals surface area contributed by atoms with Crippen molar-refractivity contribution in [1.82, 2.24) is 9.62 Å². The van der Waals surface area contributed by atoms with Crippen molar-refractivity contribution in [3.63, 3.8) is 0 Å². The number of ether oxygens (including phenoxy) is 2. The van der Waals surface area contributed by atoms with Crippen LogP contribution in [-0.2, 0) is 26.0 Å². The molecule has 1 N–H and O–H groups in total. The largest absolute Gasteiger partial charge is 0.478 e. The Labute approximate surface area is 147 Å². The van der Waals surface area contributed by atoms with Gasteiger partial charge >= 0.3 is 5.97 Å². The summed E-state index contributed by atoms with van der Waals surface area (Å²) in [6, 6.07) is 4.75. The molecule has 1 fully saturated rings. The number of nitrogens with one attached hydrogen (secondary N) is 1. The molecule has 2 aliphatic rings. The summed E-state index contributed by atoms with van der Waals surface area (Å²) in [5, 5.41) is 3.13. The van der Waals surface area contributed by atoms with Gasteiger partial charge in [-0.15, -0.1) is 12.4 Å². The second kappa shape index (κ2) is 7.69. The number of benzene rings is 1. The van der Waals surface area contributed by atoms with Crippen LogP contribution in [-0.4, -0.2) is 57.6 Å². The number of carbonyl (C=O) groups excluding carboxylic acids is 1. The van der Waals surface area contributed by atoms with Gasteiger partial charge in [-0.1, -0.05) is 0 Å². The monoisotopic (exact) mass is 376 g/mol. The van der Waals surface area contributed by atoms with Crippen LogP contribution in [0, 0.1) is 0 Å². The van der Waals surface area contributed by atoms with Crippen LogP contribution in [0.2, 0.25) is 0 Å². The van der Waals surface area contributed by atoms with Gasteiger partial charge in [-0.3, -0.25) is 0 Å². The molecule has 2 heterocycles. The number of nitrogens with zero attached hydrogens (tertiary/aromatic N) is 1. The fourth-order valence-corrected chi connectivity index (χ4v) is 4.28. The molecule has 134 valence electrons. The van der Waals surface area contributed by atoms with Crippen LogP contribution in [0.25, 0.3) is 0 Å². The average molecular weight is 377 g/mol. The Morgan fingerprint density at radius 3 is 2.75 bits per heavy atom. The predicted octanol–water partition coefficient (Wildman–Crippen LogP) is 0.569. The van der Waals surface area contributed by atoms with Crippen molar-refractivity contribution in [2.45, 2.75) is 24.3 Å². The molecule has 1 saturated heterocycles. The quantitative estimate of drug-likeness (QED) is 0.773. The molecule has 0 spiro atoms. The van der Waals surface area contributed by atoms with Gasteiger partial charge in [0.05, 0.1) is 11.5 Å². The lowest BCUT2D eigenvalue weighted by Crippen LogP contribution is -2.46. The van der Waals surface area contributed by atoms with E-state index >= 15 is 0 Å². The van der Waals surface area contributed by atoms with Gasteiger partial charge < -0.3 is 14.8 Å². The minimum Gasteiger partial charge on any atom is -0.478 e. The van der Waals surface area contributed by atoms with Crippen molar-refractivity contribution in [1.29, 1.82) is 0 Å². The number of hydrogen-bond acceptors (Lipinski definition) is 6. The minimum absolute atomic E-state index is 0. The minimum atomic E-state index is -3.51. The van der Waals surface area contributed by atoms with Crippen LogP contribution in [0.3, 0.4) is 0 Å². The van der Waals surface area contributed by atoms with Crippen LogP contribution in [0.5, 0.6) is 5.75 Å². The van der Waals surface area contributed by atoms with Gasteiger partial charge in [0.15, 0.2) is 6.10 Å². The first-order valence-corrected chi connectivity index (χ1v) is 9.13. The highest BCUT2D eigenvalue weighted by Crippen LogP contribution is 2.32. The molecule has 0 aliphatic carbocycles. The number of esters is 1. The number of rotatable bonds is 4. The maximum Gasteiger partial charge on any atom is 0.347 e. The molecule has 0 amide bonds. The van der Waals surface area contributed by atoms with Gasteiger partial charge in [-0.25, -0.2) is 13.2 Å². The molecule has 0 bridgehead atoms. The van der Waals surface area contributed by atoms with E-state index in [1.54, 1.807) is 19.1 Å². The van der Waals surface area contributed by atoms with Crippen molar-refractivity contribution in [3.8, 4) is 5.75 Å². The lowest BCUT2D eigenvalue weighted by Gasteiger charge is -2.26. The molecular formula is C15H21ClN2O5S. The molecule has 0 saturated carbocycles. The summed E-state index contributed by atoms with van der Waals surface area (Å²) in [6.07, 6.45) is -0.360. The lowest BCUT2D eigenvalue weighted by molar-refractivity contribution is -0.150. The molecule has 0 aromatic heterocycles. The Hall–Kier alpha value is -1.35. The predicted molar refractivity (Wildman–Crippen MR) is 90.1 cm³/mol. The van der Waals surface area contributed by atoms with Crippen LogP contribution in [0.15, 0.2) is 23.1 Å². The van der Waals surface area contributed by atoms with Crippen molar-refractivity contribution in [3.05, 3.63) is 23.8 Å². The smallest absolute Gasteiger partial charge is 0.347 e. The first-order valence-electron chi connectivity index (χ1n) is 7.69. The van der Waals surface area contributed by atoms with E-state index < -0.39 is 22.1 Å². The summed E-state index contributed by atoms with van der Waals surface area (Å²) >= 11 is 0. The van der Waals surface area contributed by atoms with Gasteiger partial charge in [0.25, 0.3) is 0 Å². The maximum atomic E-state index is 12.7. The number of fused-ring (bicyclic) bond motifs is 1. The van der Waals surface area contributed by atoms with Gasteiger partial charge in [0.2, 0.25) is 10.0 Å². The molecule has 9 heteroatoms. The molecule has 2 aliphatic heterocycles. The Morgan fingerprint density at radius 1 is 1.38 bits per heavy atom. The number of carbonyl (C=O) groups is 1. The van der Waals surface area contributed by atoms with E-state index in [2.05, 4.69) is 5.32 Å². The zero-order valence-electron chi connectivity index (χ0n) is 13.4. The van der Waals surface area contributed by atoms with Crippen molar-refractivity contribution < 1.29 is 22.7 Å². The van der Waals surface area contributed by atoms with E-state index in [-0.39, 0.29) is 23.9 Å². The van der Waals surface area contributed by atoms with Crippen molar-refractivity contribution in [2.75, 3.05) is 32.8 Å². The van der Waals surface area contributed by atoms with E-state index in [4.69, 9.17) is 9.47 Å². The number of hydrogen-bond donors (Lipinski definition) is 1. The first kappa shape index (κ1) is 19.0. The zero-order valence-corrected chi connectivity index (χ0v) is 15.0. The Morgan fingerprint density at radius 2 is 2.08 bits per heavy atom. The molecule has 1 aromatic rings. The van der Waals surface area contributed by atoms with E-state index in [0.29, 0.717) is 38.3 Å². The Balaban J connectivity index is 0.00000208. The number of piperazine rings is 1. The maximum absolute atomic E-state index is 12.7. The van der Waals surface area contributed by atoms with Crippen molar-refractivity contribution >= 4 is 28.4 Å². The SMILES string of the molecule is CCOC(=O)C1Cc2cc(S(=O)(=O)N3CCNCC3)ccc2O1.Cl. The second-order valence-electron chi connectivity index (χ2n) is 5.49. The third-order valence-corrected chi connectivity index (χ3v) is 5.86. The van der Waals surface area contributed by atoms with Gasteiger partial charge in [0.1, 0.15) is 5.75 Å². The first-order chi connectivity index (χ1) is 11.0. The van der Waals surface area contributed by atoms with Gasteiger partial charge in [-0.05, 0) is 30.7 Å². The Kier molecular flexibility index (Phi) is 6.08. The molecule has 0 radical (unpaired) electrons. The van der Waals surface area contributed by atoms with E-state index in [1.807, 2.05) is 0 Å². The Bertz CT molecular complexity index is 704. The normalized spacial score (nSPS) is 20.6. The summed E-state index contributed by atoms with van der Waals surface area (Å²) in [4.78, 5) is 12.0. The lowest BCUT2D eigenvalue weighted by atomic mass is 10.1. The van der Waals surface area contributed by atoms with Crippen LogP contribution < -0.4 is 10.1 Å². The van der Waals surface area contributed by atoms with Gasteiger partial charge in [-0.2, -0.15) is 4.31 Å². The summed E-state index contributed by atoms with van der Waals surface area (Å²) in [5.41, 5.74) is 0.722. The summed E-state index contributed by atoms with van der Waals surface area (Å²) in [5.74, 6) is 0.123. The molecule has 24 heavy (non-hydrogen) atoms. The van der Waals surface area contributed by atoms with E-state index in [9.17, 15) is 13.2 Å². The molecule has 1 atom stereocenters. The van der Waals surface area contributed by atoms with Crippen LogP contribution >= 0.6 is 12.4 Å². The average Bonchev–Trinajstić information content (AvgIpc) is 2.99. The van der Waals surface area contributed by atoms with Crippen LogP contribution in [0.4, 0.5) is 0 Å².